The minimum Gasteiger partial charge on any atom is -0.343 e. The van der Waals surface area contributed by atoms with Gasteiger partial charge in [-0.1, -0.05) is 0 Å². The van der Waals surface area contributed by atoms with Gasteiger partial charge in [0.25, 0.3) is 0 Å². The summed E-state index contributed by atoms with van der Waals surface area (Å²) in [5, 5.41) is 0. The SMILES string of the molecule is CCN(CC)C(=O)C(C)(C)CCl. The van der Waals surface area contributed by atoms with E-state index in [-0.39, 0.29) is 5.91 Å². The van der Waals surface area contributed by atoms with Crippen LogP contribution in [0.1, 0.15) is 27.7 Å². The molecule has 0 atom stereocenters. The monoisotopic (exact) mass is 191 g/mol. The Morgan fingerprint density at radius 1 is 1.33 bits per heavy atom. The third kappa shape index (κ3) is 2.67. The lowest BCUT2D eigenvalue weighted by Crippen LogP contribution is -2.41. The number of carbonyl (C=O) groups is 1. The van der Waals surface area contributed by atoms with Gasteiger partial charge in [0.1, 0.15) is 0 Å². The number of carbonyl (C=O) groups excluding carboxylic acids is 1. The molecule has 0 N–H and O–H groups in total. The molecular weight excluding hydrogens is 174 g/mol. The van der Waals surface area contributed by atoms with E-state index in [9.17, 15) is 4.79 Å². The number of alkyl halides is 1. The van der Waals surface area contributed by atoms with E-state index in [1.54, 1.807) is 0 Å². The lowest BCUT2D eigenvalue weighted by Gasteiger charge is -2.28. The number of amides is 1. The zero-order valence-corrected chi connectivity index (χ0v) is 9.11. The van der Waals surface area contributed by atoms with Crippen LogP contribution in [0.2, 0.25) is 0 Å². The van der Waals surface area contributed by atoms with Gasteiger partial charge in [-0.3, -0.25) is 4.79 Å². The number of nitrogens with zero attached hydrogens (tertiary/aromatic N) is 1. The van der Waals surface area contributed by atoms with Crippen LogP contribution in [0.3, 0.4) is 0 Å². The van der Waals surface area contributed by atoms with Crippen molar-refractivity contribution in [3.8, 4) is 0 Å². The summed E-state index contributed by atoms with van der Waals surface area (Å²) in [7, 11) is 0. The Balaban J connectivity index is 4.35. The highest BCUT2D eigenvalue weighted by molar-refractivity contribution is 6.19. The molecule has 0 unspecified atom stereocenters. The first kappa shape index (κ1) is 11.8. The van der Waals surface area contributed by atoms with Crippen LogP contribution in [0.15, 0.2) is 0 Å². The first-order valence-corrected chi connectivity index (χ1v) is 4.88. The number of hydrogen-bond acceptors (Lipinski definition) is 1. The predicted molar refractivity (Wildman–Crippen MR) is 52.4 cm³/mol. The molecule has 0 aliphatic rings. The van der Waals surface area contributed by atoms with E-state index in [1.807, 2.05) is 32.6 Å². The van der Waals surface area contributed by atoms with E-state index in [1.165, 1.54) is 0 Å². The van der Waals surface area contributed by atoms with Crippen molar-refractivity contribution in [1.29, 1.82) is 0 Å². The molecule has 0 aromatic rings. The van der Waals surface area contributed by atoms with E-state index in [0.717, 1.165) is 13.1 Å². The molecule has 0 saturated carbocycles. The number of rotatable bonds is 4. The Morgan fingerprint density at radius 2 is 1.75 bits per heavy atom. The summed E-state index contributed by atoms with van der Waals surface area (Å²) in [5.74, 6) is 0.519. The lowest BCUT2D eigenvalue weighted by molar-refractivity contribution is -0.138. The largest absolute Gasteiger partial charge is 0.343 e. The molecule has 0 fully saturated rings. The van der Waals surface area contributed by atoms with Crippen LogP contribution in [-0.2, 0) is 4.79 Å². The second kappa shape index (κ2) is 4.70. The second-order valence-electron chi connectivity index (χ2n) is 3.49. The fourth-order valence-electron chi connectivity index (χ4n) is 0.996. The standard InChI is InChI=1S/C9H18ClNO/c1-5-11(6-2)8(12)9(3,4)7-10/h5-7H2,1-4H3. The van der Waals surface area contributed by atoms with Gasteiger partial charge in [0.15, 0.2) is 0 Å². The molecule has 0 bridgehead atoms. The van der Waals surface area contributed by atoms with Gasteiger partial charge in [-0.2, -0.15) is 0 Å². The zero-order valence-electron chi connectivity index (χ0n) is 8.35. The van der Waals surface area contributed by atoms with Gasteiger partial charge >= 0.3 is 0 Å². The summed E-state index contributed by atoms with van der Waals surface area (Å²) in [6.45, 7) is 9.23. The third-order valence-electron chi connectivity index (χ3n) is 1.96. The van der Waals surface area contributed by atoms with Crippen molar-refractivity contribution in [2.45, 2.75) is 27.7 Å². The molecule has 3 heteroatoms. The molecule has 0 saturated heterocycles. The van der Waals surface area contributed by atoms with E-state index in [0.29, 0.717) is 5.88 Å². The topological polar surface area (TPSA) is 20.3 Å². The fourth-order valence-corrected chi connectivity index (χ4v) is 1.11. The number of hydrogen-bond donors (Lipinski definition) is 0. The Bertz CT molecular complexity index is 153. The van der Waals surface area contributed by atoms with Crippen molar-refractivity contribution in [2.75, 3.05) is 19.0 Å². The fraction of sp³-hybridized carbons (Fsp3) is 0.889. The second-order valence-corrected chi connectivity index (χ2v) is 3.76. The van der Waals surface area contributed by atoms with Crippen LogP contribution >= 0.6 is 11.6 Å². The van der Waals surface area contributed by atoms with Crippen LogP contribution in [0.25, 0.3) is 0 Å². The normalized spacial score (nSPS) is 11.4. The Labute approximate surface area is 79.9 Å². The summed E-state index contributed by atoms with van der Waals surface area (Å²) in [4.78, 5) is 13.5. The Morgan fingerprint density at radius 3 is 2.00 bits per heavy atom. The minimum absolute atomic E-state index is 0.141. The van der Waals surface area contributed by atoms with Crippen LogP contribution in [-0.4, -0.2) is 29.8 Å². The van der Waals surface area contributed by atoms with E-state index in [4.69, 9.17) is 11.6 Å². The molecule has 1 amide bonds. The van der Waals surface area contributed by atoms with Crippen LogP contribution in [0.4, 0.5) is 0 Å². The van der Waals surface area contributed by atoms with Gasteiger partial charge in [0.2, 0.25) is 5.91 Å². The maximum absolute atomic E-state index is 11.7. The van der Waals surface area contributed by atoms with E-state index in [2.05, 4.69) is 0 Å². The molecule has 0 spiro atoms. The van der Waals surface area contributed by atoms with Gasteiger partial charge in [-0.25, -0.2) is 0 Å². The van der Waals surface area contributed by atoms with Gasteiger partial charge in [-0.05, 0) is 27.7 Å². The van der Waals surface area contributed by atoms with Crippen molar-refractivity contribution in [3.63, 3.8) is 0 Å². The van der Waals surface area contributed by atoms with E-state index >= 15 is 0 Å². The van der Waals surface area contributed by atoms with Gasteiger partial charge in [0, 0.05) is 19.0 Å². The van der Waals surface area contributed by atoms with Crippen LogP contribution in [0, 0.1) is 5.41 Å². The lowest BCUT2D eigenvalue weighted by atomic mass is 9.94. The van der Waals surface area contributed by atoms with Crippen molar-refractivity contribution in [1.82, 2.24) is 4.90 Å². The van der Waals surface area contributed by atoms with Crippen molar-refractivity contribution in [3.05, 3.63) is 0 Å². The summed E-state index contributed by atoms with van der Waals surface area (Å²) >= 11 is 5.70. The van der Waals surface area contributed by atoms with Crippen molar-refractivity contribution >= 4 is 17.5 Å². The molecule has 2 nitrogen and oxygen atoms in total. The minimum atomic E-state index is -0.423. The van der Waals surface area contributed by atoms with Gasteiger partial charge < -0.3 is 4.90 Å². The molecular formula is C9H18ClNO. The molecule has 0 aromatic heterocycles. The molecule has 0 aliphatic carbocycles. The first-order chi connectivity index (χ1) is 5.49. The third-order valence-corrected chi connectivity index (χ3v) is 2.63. The molecule has 0 aliphatic heterocycles. The zero-order chi connectivity index (χ0) is 9.78. The van der Waals surface area contributed by atoms with Crippen LogP contribution < -0.4 is 0 Å². The van der Waals surface area contributed by atoms with Crippen LogP contribution in [0.5, 0.6) is 0 Å². The van der Waals surface area contributed by atoms with Gasteiger partial charge in [0.05, 0.1) is 5.41 Å². The van der Waals surface area contributed by atoms with Crippen molar-refractivity contribution < 1.29 is 4.79 Å². The summed E-state index contributed by atoms with van der Waals surface area (Å²) in [6, 6.07) is 0. The first-order valence-electron chi connectivity index (χ1n) is 4.35. The smallest absolute Gasteiger partial charge is 0.229 e. The predicted octanol–water partition coefficient (Wildman–Crippen LogP) is 2.12. The van der Waals surface area contributed by atoms with E-state index < -0.39 is 5.41 Å². The summed E-state index contributed by atoms with van der Waals surface area (Å²) < 4.78 is 0. The Hall–Kier alpha value is -0.240. The highest BCUT2D eigenvalue weighted by atomic mass is 35.5. The average Bonchev–Trinajstić information content (AvgIpc) is 2.06. The highest BCUT2D eigenvalue weighted by Gasteiger charge is 2.29. The maximum Gasteiger partial charge on any atom is 0.229 e. The summed E-state index contributed by atoms with van der Waals surface area (Å²) in [5.41, 5.74) is -0.423. The quantitative estimate of drug-likeness (QED) is 0.624. The molecule has 0 radical (unpaired) electrons. The number of halogens is 1. The molecule has 0 rings (SSSR count). The maximum atomic E-state index is 11.7. The molecule has 72 valence electrons. The molecule has 0 heterocycles. The van der Waals surface area contributed by atoms with Gasteiger partial charge in [-0.15, -0.1) is 11.6 Å². The summed E-state index contributed by atoms with van der Waals surface area (Å²) in [6.07, 6.45) is 0. The highest BCUT2D eigenvalue weighted by Crippen LogP contribution is 2.20. The molecule has 0 aromatic carbocycles. The average molecular weight is 192 g/mol. The van der Waals surface area contributed by atoms with Crippen molar-refractivity contribution in [2.24, 2.45) is 5.41 Å². The molecule has 12 heavy (non-hydrogen) atoms. The Kier molecular flexibility index (Phi) is 4.61.